The van der Waals surface area contributed by atoms with Crippen LogP contribution in [-0.2, 0) is 29.1 Å². The van der Waals surface area contributed by atoms with Crippen molar-refractivity contribution in [2.75, 3.05) is 5.75 Å². The van der Waals surface area contributed by atoms with Gasteiger partial charge < -0.3 is 10.2 Å². The fraction of sp³-hybridized carbons (Fsp3) is 0.647. The predicted octanol–water partition coefficient (Wildman–Crippen LogP) is 1.53. The first-order chi connectivity index (χ1) is 11.3. The lowest BCUT2D eigenvalue weighted by Crippen LogP contribution is -2.57. The average molecular weight is 348 g/mol. The molecule has 130 valence electrons. The third-order valence-corrected chi connectivity index (χ3v) is 5.78. The van der Waals surface area contributed by atoms with Crippen molar-refractivity contribution in [2.45, 2.75) is 58.0 Å². The highest BCUT2D eigenvalue weighted by atomic mass is 32.2. The van der Waals surface area contributed by atoms with E-state index in [0.29, 0.717) is 24.8 Å². The zero-order chi connectivity index (χ0) is 17.5. The Kier molecular flexibility index (Phi) is 4.55. The van der Waals surface area contributed by atoms with Crippen LogP contribution in [0.2, 0.25) is 0 Å². The topological polar surface area (TPSA) is 75.2 Å². The molecule has 0 unspecified atom stereocenters. The Morgan fingerprint density at radius 2 is 2.21 bits per heavy atom. The van der Waals surface area contributed by atoms with Gasteiger partial charge in [0.1, 0.15) is 11.9 Å². The Morgan fingerprint density at radius 1 is 1.46 bits per heavy atom. The van der Waals surface area contributed by atoms with Crippen LogP contribution < -0.4 is 5.32 Å². The van der Waals surface area contributed by atoms with Crippen molar-refractivity contribution in [3.8, 4) is 0 Å². The van der Waals surface area contributed by atoms with Crippen LogP contribution in [0.25, 0.3) is 0 Å². The van der Waals surface area contributed by atoms with Crippen molar-refractivity contribution in [2.24, 2.45) is 5.92 Å². The molecule has 2 amide bonds. The molecule has 1 atom stereocenters. The maximum Gasteiger partial charge on any atom is 0.246 e. The molecule has 1 aromatic heterocycles. The number of hydrogen-bond acceptors (Lipinski definition) is 5. The van der Waals surface area contributed by atoms with Crippen LogP contribution in [0.15, 0.2) is 6.20 Å². The molecular weight excluding hydrogens is 324 g/mol. The van der Waals surface area contributed by atoms with Crippen LogP contribution in [0.5, 0.6) is 0 Å². The van der Waals surface area contributed by atoms with E-state index in [1.54, 1.807) is 4.90 Å². The van der Waals surface area contributed by atoms with Gasteiger partial charge in [0.25, 0.3) is 0 Å². The molecule has 0 radical (unpaired) electrons. The monoisotopic (exact) mass is 348 g/mol. The number of amides is 2. The SMILES string of the molecule is CC(C)Cc1ncc2c(n1)CN(C(=O)[C@H]1CSC(C)(C)C(=O)N1)C2. The summed E-state index contributed by atoms with van der Waals surface area (Å²) >= 11 is 1.53. The smallest absolute Gasteiger partial charge is 0.246 e. The average Bonchev–Trinajstić information content (AvgIpc) is 2.92. The van der Waals surface area contributed by atoms with E-state index >= 15 is 0 Å². The molecule has 1 aromatic rings. The van der Waals surface area contributed by atoms with Crippen LogP contribution in [0.1, 0.15) is 44.8 Å². The van der Waals surface area contributed by atoms with Gasteiger partial charge in [-0.1, -0.05) is 13.8 Å². The highest BCUT2D eigenvalue weighted by molar-refractivity contribution is 8.01. The number of aromatic nitrogens is 2. The third kappa shape index (κ3) is 3.41. The highest BCUT2D eigenvalue weighted by Crippen LogP contribution is 2.30. The van der Waals surface area contributed by atoms with Crippen molar-refractivity contribution in [3.63, 3.8) is 0 Å². The van der Waals surface area contributed by atoms with E-state index in [4.69, 9.17) is 0 Å². The summed E-state index contributed by atoms with van der Waals surface area (Å²) in [5.41, 5.74) is 1.94. The predicted molar refractivity (Wildman–Crippen MR) is 93.3 cm³/mol. The Labute approximate surface area is 146 Å². The van der Waals surface area contributed by atoms with Crippen LogP contribution in [0.3, 0.4) is 0 Å². The summed E-state index contributed by atoms with van der Waals surface area (Å²) in [6.07, 6.45) is 2.68. The van der Waals surface area contributed by atoms with Gasteiger partial charge in [-0.15, -0.1) is 11.8 Å². The van der Waals surface area contributed by atoms with Gasteiger partial charge in [0.15, 0.2) is 0 Å². The lowest BCUT2D eigenvalue weighted by Gasteiger charge is -2.34. The summed E-state index contributed by atoms with van der Waals surface area (Å²) in [5, 5.41) is 2.86. The van der Waals surface area contributed by atoms with E-state index in [0.717, 1.165) is 23.5 Å². The van der Waals surface area contributed by atoms with Gasteiger partial charge in [0.2, 0.25) is 11.8 Å². The largest absolute Gasteiger partial charge is 0.342 e. The van der Waals surface area contributed by atoms with E-state index in [9.17, 15) is 9.59 Å². The summed E-state index contributed by atoms with van der Waals surface area (Å²) in [7, 11) is 0. The van der Waals surface area contributed by atoms with E-state index < -0.39 is 10.8 Å². The van der Waals surface area contributed by atoms with Gasteiger partial charge in [-0.2, -0.15) is 0 Å². The first-order valence-corrected chi connectivity index (χ1v) is 9.32. The van der Waals surface area contributed by atoms with E-state index in [1.807, 2.05) is 20.0 Å². The fourth-order valence-electron chi connectivity index (χ4n) is 2.90. The normalized spacial score (nSPS) is 22.5. The maximum absolute atomic E-state index is 12.7. The molecule has 24 heavy (non-hydrogen) atoms. The minimum Gasteiger partial charge on any atom is -0.342 e. The maximum atomic E-state index is 12.7. The summed E-state index contributed by atoms with van der Waals surface area (Å²) in [6.45, 7) is 9.06. The molecule has 0 aliphatic carbocycles. The van der Waals surface area contributed by atoms with Crippen molar-refractivity contribution >= 4 is 23.6 Å². The summed E-state index contributed by atoms with van der Waals surface area (Å²) in [4.78, 5) is 35.6. The summed E-state index contributed by atoms with van der Waals surface area (Å²) in [5.74, 6) is 1.83. The number of thioether (sulfide) groups is 1. The quantitative estimate of drug-likeness (QED) is 0.896. The molecule has 2 aliphatic rings. The van der Waals surface area contributed by atoms with Gasteiger partial charge in [-0.25, -0.2) is 9.97 Å². The zero-order valence-corrected chi connectivity index (χ0v) is 15.4. The molecule has 3 rings (SSSR count). The fourth-order valence-corrected chi connectivity index (χ4v) is 3.90. The van der Waals surface area contributed by atoms with Gasteiger partial charge in [0, 0.05) is 30.5 Å². The lowest BCUT2D eigenvalue weighted by atomic mass is 10.1. The number of nitrogens with one attached hydrogen (secondary N) is 1. The van der Waals surface area contributed by atoms with Crippen molar-refractivity contribution < 1.29 is 9.59 Å². The Bertz CT molecular complexity index is 675. The number of carbonyl (C=O) groups excluding carboxylic acids is 2. The molecule has 0 spiro atoms. The van der Waals surface area contributed by atoms with Gasteiger partial charge in [0.05, 0.1) is 17.0 Å². The summed E-state index contributed by atoms with van der Waals surface area (Å²) in [6, 6.07) is -0.451. The lowest BCUT2D eigenvalue weighted by molar-refractivity contribution is -0.137. The molecule has 1 fully saturated rings. The van der Waals surface area contributed by atoms with Gasteiger partial charge >= 0.3 is 0 Å². The molecule has 0 saturated carbocycles. The number of carbonyl (C=O) groups is 2. The Morgan fingerprint density at radius 3 is 2.88 bits per heavy atom. The highest BCUT2D eigenvalue weighted by Gasteiger charge is 2.40. The van der Waals surface area contributed by atoms with E-state index in [-0.39, 0.29) is 11.8 Å². The number of hydrogen-bond donors (Lipinski definition) is 1. The first-order valence-electron chi connectivity index (χ1n) is 8.33. The molecule has 7 heteroatoms. The van der Waals surface area contributed by atoms with Crippen molar-refractivity contribution in [1.29, 1.82) is 0 Å². The van der Waals surface area contributed by atoms with E-state index in [1.165, 1.54) is 11.8 Å². The second-order valence-electron chi connectivity index (χ2n) is 7.40. The minimum atomic E-state index is -0.470. The van der Waals surface area contributed by atoms with Crippen molar-refractivity contribution in [1.82, 2.24) is 20.2 Å². The molecular formula is C17H24N4O2S. The van der Waals surface area contributed by atoms with Crippen LogP contribution >= 0.6 is 11.8 Å². The van der Waals surface area contributed by atoms with Crippen molar-refractivity contribution in [3.05, 3.63) is 23.3 Å². The molecule has 1 N–H and O–H groups in total. The summed E-state index contributed by atoms with van der Waals surface area (Å²) < 4.78 is -0.470. The Hall–Kier alpha value is -1.63. The minimum absolute atomic E-state index is 0.0326. The van der Waals surface area contributed by atoms with Gasteiger partial charge in [-0.05, 0) is 19.8 Å². The number of fused-ring (bicyclic) bond motifs is 1. The first kappa shape index (κ1) is 17.2. The van der Waals surface area contributed by atoms with Gasteiger partial charge in [-0.3, -0.25) is 9.59 Å². The number of rotatable bonds is 3. The second-order valence-corrected chi connectivity index (χ2v) is 9.04. The molecule has 6 nitrogen and oxygen atoms in total. The molecule has 1 saturated heterocycles. The zero-order valence-electron chi connectivity index (χ0n) is 14.6. The Balaban J connectivity index is 1.67. The van der Waals surface area contributed by atoms with Crippen LogP contribution in [0.4, 0.5) is 0 Å². The van der Waals surface area contributed by atoms with Crippen LogP contribution in [-0.4, -0.2) is 43.2 Å². The molecule has 3 heterocycles. The van der Waals surface area contributed by atoms with Crippen LogP contribution in [0, 0.1) is 5.92 Å². The molecule has 0 bridgehead atoms. The third-order valence-electron chi connectivity index (χ3n) is 4.37. The standard InChI is InChI=1S/C17H24N4O2S/c1-10(2)5-14-18-6-11-7-21(8-12(11)19-14)15(22)13-9-24-17(3,4)16(23)20-13/h6,10,13H,5,7-9H2,1-4H3,(H,20,23)/t13-/m1/s1. The number of nitrogens with zero attached hydrogens (tertiary/aromatic N) is 3. The van der Waals surface area contributed by atoms with E-state index in [2.05, 4.69) is 29.1 Å². The molecule has 0 aromatic carbocycles. The molecule has 2 aliphatic heterocycles. The second kappa shape index (κ2) is 6.35.